The molecule has 1 N–H and O–H groups in total. The van der Waals surface area contributed by atoms with Crippen LogP contribution in [0.4, 0.5) is 0 Å². The van der Waals surface area contributed by atoms with Crippen LogP contribution in [0, 0.1) is 0 Å². The molecule has 3 nitrogen and oxygen atoms in total. The molecule has 1 amide bonds. The number of hydrogen-bond acceptors (Lipinski definition) is 3. The predicted molar refractivity (Wildman–Crippen MR) is 75.5 cm³/mol. The van der Waals surface area contributed by atoms with Gasteiger partial charge in [0.05, 0.1) is 0 Å². The third-order valence-electron chi connectivity index (χ3n) is 3.66. The zero-order valence-corrected chi connectivity index (χ0v) is 12.2. The monoisotopic (exact) mass is 258 g/mol. The van der Waals surface area contributed by atoms with E-state index in [2.05, 4.69) is 11.6 Å². The Kier molecular flexibility index (Phi) is 6.34. The summed E-state index contributed by atoms with van der Waals surface area (Å²) < 4.78 is 0.430. The topological polar surface area (TPSA) is 32.3 Å². The van der Waals surface area contributed by atoms with Gasteiger partial charge in [0.15, 0.2) is 0 Å². The smallest absolute Gasteiger partial charge is 0.223 e. The average Bonchev–Trinajstić information content (AvgIpc) is 2.35. The van der Waals surface area contributed by atoms with Crippen molar-refractivity contribution in [2.75, 3.05) is 33.4 Å². The van der Waals surface area contributed by atoms with Crippen molar-refractivity contribution in [1.82, 2.24) is 10.2 Å². The quantitative estimate of drug-likeness (QED) is 0.741. The highest BCUT2D eigenvalue weighted by molar-refractivity contribution is 8.00. The van der Waals surface area contributed by atoms with Crippen LogP contribution in [0.3, 0.4) is 0 Å². The van der Waals surface area contributed by atoms with Gasteiger partial charge in [0.1, 0.15) is 0 Å². The Bertz CT molecular complexity index is 238. The fraction of sp³-hybridized carbons (Fsp3) is 0.923. The van der Waals surface area contributed by atoms with Crippen LogP contribution in [-0.4, -0.2) is 49.0 Å². The molecule has 17 heavy (non-hydrogen) atoms. The van der Waals surface area contributed by atoms with Crippen molar-refractivity contribution in [3.05, 3.63) is 0 Å². The molecule has 0 bridgehead atoms. The molecule has 1 aliphatic rings. The van der Waals surface area contributed by atoms with Gasteiger partial charge in [0.2, 0.25) is 5.91 Å². The lowest BCUT2D eigenvalue weighted by atomic mass is 9.88. The van der Waals surface area contributed by atoms with Crippen LogP contribution in [0.2, 0.25) is 0 Å². The zero-order chi connectivity index (χ0) is 12.7. The van der Waals surface area contributed by atoms with E-state index >= 15 is 0 Å². The summed E-state index contributed by atoms with van der Waals surface area (Å²) in [7, 11) is 3.62. The van der Waals surface area contributed by atoms with Gasteiger partial charge in [-0.25, -0.2) is 0 Å². The molecule has 0 aromatic carbocycles. The highest BCUT2D eigenvalue weighted by atomic mass is 32.2. The van der Waals surface area contributed by atoms with Crippen LogP contribution in [0.5, 0.6) is 0 Å². The average molecular weight is 258 g/mol. The van der Waals surface area contributed by atoms with E-state index in [4.69, 9.17) is 0 Å². The van der Waals surface area contributed by atoms with Crippen LogP contribution in [0.25, 0.3) is 0 Å². The van der Waals surface area contributed by atoms with Gasteiger partial charge in [0, 0.05) is 38.4 Å². The van der Waals surface area contributed by atoms with Gasteiger partial charge < -0.3 is 10.2 Å². The number of hydrogen-bond donors (Lipinski definition) is 1. The summed E-state index contributed by atoms with van der Waals surface area (Å²) in [6.45, 7) is 1.86. The van der Waals surface area contributed by atoms with Crippen LogP contribution < -0.4 is 5.32 Å². The SMILES string of the molecule is CSC1(CNCCC(=O)N(C)C)CCCCC1. The van der Waals surface area contributed by atoms with Gasteiger partial charge in [-0.05, 0) is 19.1 Å². The maximum absolute atomic E-state index is 11.4. The maximum atomic E-state index is 11.4. The number of nitrogens with zero attached hydrogens (tertiary/aromatic N) is 1. The Morgan fingerprint density at radius 1 is 1.29 bits per heavy atom. The van der Waals surface area contributed by atoms with Crippen molar-refractivity contribution in [3.8, 4) is 0 Å². The Morgan fingerprint density at radius 3 is 2.47 bits per heavy atom. The largest absolute Gasteiger partial charge is 0.349 e. The van der Waals surface area contributed by atoms with E-state index in [1.165, 1.54) is 32.1 Å². The first-order valence-corrected chi connectivity index (χ1v) is 7.78. The lowest BCUT2D eigenvalue weighted by molar-refractivity contribution is -0.128. The molecule has 0 radical (unpaired) electrons. The third-order valence-corrected chi connectivity index (χ3v) is 5.08. The summed E-state index contributed by atoms with van der Waals surface area (Å²) in [5, 5.41) is 3.46. The second-order valence-corrected chi connectivity index (χ2v) is 6.44. The molecule has 0 spiro atoms. The van der Waals surface area contributed by atoms with Gasteiger partial charge in [-0.15, -0.1) is 0 Å². The molecule has 0 aromatic rings. The molecule has 4 heteroatoms. The summed E-state index contributed by atoms with van der Waals surface area (Å²) >= 11 is 2.00. The Labute approximate surface area is 110 Å². The van der Waals surface area contributed by atoms with Gasteiger partial charge in [-0.3, -0.25) is 4.79 Å². The van der Waals surface area contributed by atoms with E-state index in [1.807, 2.05) is 25.9 Å². The number of nitrogens with one attached hydrogen (secondary N) is 1. The zero-order valence-electron chi connectivity index (χ0n) is 11.4. The molecular weight excluding hydrogens is 232 g/mol. The fourth-order valence-corrected chi connectivity index (χ4v) is 3.33. The predicted octanol–water partition coefficient (Wildman–Crippen LogP) is 2.12. The molecule has 1 fully saturated rings. The van der Waals surface area contributed by atoms with Crippen LogP contribution in [0.15, 0.2) is 0 Å². The van der Waals surface area contributed by atoms with E-state index in [0.29, 0.717) is 11.2 Å². The molecular formula is C13H26N2OS. The van der Waals surface area contributed by atoms with E-state index in [-0.39, 0.29) is 5.91 Å². The molecule has 0 aliphatic heterocycles. The first kappa shape index (κ1) is 14.8. The van der Waals surface area contributed by atoms with Gasteiger partial charge in [-0.2, -0.15) is 11.8 Å². The van der Waals surface area contributed by atoms with Crippen molar-refractivity contribution in [2.45, 2.75) is 43.3 Å². The van der Waals surface area contributed by atoms with Gasteiger partial charge in [0.25, 0.3) is 0 Å². The summed E-state index contributed by atoms with van der Waals surface area (Å²) in [4.78, 5) is 13.1. The van der Waals surface area contributed by atoms with Crippen molar-refractivity contribution in [1.29, 1.82) is 0 Å². The molecule has 0 saturated heterocycles. The molecule has 0 aromatic heterocycles. The Morgan fingerprint density at radius 2 is 1.94 bits per heavy atom. The highest BCUT2D eigenvalue weighted by Crippen LogP contribution is 2.37. The van der Waals surface area contributed by atoms with E-state index in [0.717, 1.165) is 13.1 Å². The molecule has 0 unspecified atom stereocenters. The summed E-state index contributed by atoms with van der Waals surface area (Å²) in [5.74, 6) is 0.208. The van der Waals surface area contributed by atoms with Crippen molar-refractivity contribution >= 4 is 17.7 Å². The molecule has 0 atom stereocenters. The Balaban J connectivity index is 2.22. The first-order valence-electron chi connectivity index (χ1n) is 6.56. The number of thioether (sulfide) groups is 1. The first-order chi connectivity index (χ1) is 8.09. The number of rotatable bonds is 6. The molecule has 1 aliphatic carbocycles. The third kappa shape index (κ3) is 4.88. The van der Waals surface area contributed by atoms with Crippen LogP contribution in [0.1, 0.15) is 38.5 Å². The molecule has 1 saturated carbocycles. The Hall–Kier alpha value is -0.220. The minimum atomic E-state index is 0.208. The summed E-state index contributed by atoms with van der Waals surface area (Å²) in [6.07, 6.45) is 9.58. The summed E-state index contributed by atoms with van der Waals surface area (Å²) in [6, 6.07) is 0. The number of carbonyl (C=O) groups excluding carboxylic acids is 1. The maximum Gasteiger partial charge on any atom is 0.223 e. The van der Waals surface area contributed by atoms with Crippen molar-refractivity contribution < 1.29 is 4.79 Å². The van der Waals surface area contributed by atoms with Crippen molar-refractivity contribution in [3.63, 3.8) is 0 Å². The minimum Gasteiger partial charge on any atom is -0.349 e. The summed E-state index contributed by atoms with van der Waals surface area (Å²) in [5.41, 5.74) is 0. The van der Waals surface area contributed by atoms with Crippen molar-refractivity contribution in [2.24, 2.45) is 0 Å². The lowest BCUT2D eigenvalue weighted by Crippen LogP contribution is -2.40. The van der Waals surface area contributed by atoms with Crippen LogP contribution >= 0.6 is 11.8 Å². The second kappa shape index (κ2) is 7.27. The van der Waals surface area contributed by atoms with Crippen LogP contribution in [-0.2, 0) is 4.79 Å². The second-order valence-electron chi connectivity index (χ2n) is 5.16. The van der Waals surface area contributed by atoms with E-state index in [1.54, 1.807) is 4.90 Å². The molecule has 100 valence electrons. The van der Waals surface area contributed by atoms with E-state index < -0.39 is 0 Å². The molecule has 1 rings (SSSR count). The van der Waals surface area contributed by atoms with E-state index in [9.17, 15) is 4.79 Å². The van der Waals surface area contributed by atoms with Gasteiger partial charge >= 0.3 is 0 Å². The fourth-order valence-electron chi connectivity index (χ4n) is 2.38. The number of amides is 1. The highest BCUT2D eigenvalue weighted by Gasteiger charge is 2.30. The standard InChI is InChI=1S/C13H26N2OS/c1-15(2)12(16)7-10-14-11-13(17-3)8-5-4-6-9-13/h14H,4-11H2,1-3H3. The number of carbonyl (C=O) groups is 1. The lowest BCUT2D eigenvalue weighted by Gasteiger charge is -2.36. The minimum absolute atomic E-state index is 0.208. The van der Waals surface area contributed by atoms with Gasteiger partial charge in [-0.1, -0.05) is 19.3 Å². The normalized spacial score (nSPS) is 19.0. The molecule has 0 heterocycles.